The fourth-order valence-corrected chi connectivity index (χ4v) is 3.09. The predicted molar refractivity (Wildman–Crippen MR) is 114 cm³/mol. The van der Waals surface area contributed by atoms with Crippen LogP contribution in [0.2, 0.25) is 0 Å². The molecule has 2 aromatic carbocycles. The molecule has 0 unspecified atom stereocenters. The molecule has 7 heteroatoms. The number of carbonyl (C=O) groups is 3. The summed E-state index contributed by atoms with van der Waals surface area (Å²) in [6, 6.07) is 15.8. The van der Waals surface area contributed by atoms with E-state index in [1.165, 1.54) is 14.0 Å². The molecular formula is C23H28N2O5. The molecule has 3 atom stereocenters. The molecule has 0 aliphatic rings. The highest BCUT2D eigenvalue weighted by molar-refractivity contribution is 5.82. The second-order valence-electron chi connectivity index (χ2n) is 7.51. The highest BCUT2D eigenvalue weighted by Gasteiger charge is 2.26. The van der Waals surface area contributed by atoms with Gasteiger partial charge in [0.15, 0.2) is 0 Å². The molecule has 0 aromatic heterocycles. The summed E-state index contributed by atoms with van der Waals surface area (Å²) < 4.78 is 0. The van der Waals surface area contributed by atoms with Gasteiger partial charge in [0, 0.05) is 13.1 Å². The van der Waals surface area contributed by atoms with Gasteiger partial charge in [0.25, 0.3) is 0 Å². The molecule has 0 bridgehead atoms. The number of hydrogen-bond acceptors (Lipinski definition) is 3. The molecule has 0 saturated carbocycles. The Labute approximate surface area is 176 Å². The zero-order valence-electron chi connectivity index (χ0n) is 17.4. The minimum Gasteiger partial charge on any atom is -0.481 e. The second kappa shape index (κ2) is 10.4. The normalized spacial score (nSPS) is 13.7. The van der Waals surface area contributed by atoms with E-state index < -0.39 is 36.0 Å². The molecule has 0 aliphatic carbocycles. The number of carbonyl (C=O) groups excluding carboxylic acids is 1. The maximum absolute atomic E-state index is 12.5. The Morgan fingerprint density at radius 2 is 1.47 bits per heavy atom. The van der Waals surface area contributed by atoms with Crippen LogP contribution >= 0.6 is 0 Å². The van der Waals surface area contributed by atoms with Gasteiger partial charge in [-0.25, -0.2) is 9.59 Å². The molecule has 0 fully saturated rings. The van der Waals surface area contributed by atoms with Gasteiger partial charge in [-0.15, -0.1) is 0 Å². The summed E-state index contributed by atoms with van der Waals surface area (Å²) in [6.45, 7) is 3.00. The number of urea groups is 1. The predicted octanol–water partition coefficient (Wildman–Crippen LogP) is 3.49. The van der Waals surface area contributed by atoms with Crippen molar-refractivity contribution in [3.63, 3.8) is 0 Å². The number of benzene rings is 2. The lowest BCUT2D eigenvalue weighted by Crippen LogP contribution is -2.49. The quantitative estimate of drug-likeness (QED) is 0.584. The average molecular weight is 412 g/mol. The number of amides is 2. The summed E-state index contributed by atoms with van der Waals surface area (Å²) in [4.78, 5) is 36.0. The van der Waals surface area contributed by atoms with E-state index in [0.717, 1.165) is 21.6 Å². The number of hydrogen-bond donors (Lipinski definition) is 3. The van der Waals surface area contributed by atoms with Crippen molar-refractivity contribution in [2.45, 2.75) is 38.8 Å². The summed E-state index contributed by atoms with van der Waals surface area (Å²) >= 11 is 0. The lowest BCUT2D eigenvalue weighted by Gasteiger charge is -2.27. The van der Waals surface area contributed by atoms with Gasteiger partial charge in [0.2, 0.25) is 0 Å². The van der Waals surface area contributed by atoms with Crippen molar-refractivity contribution in [3.05, 3.63) is 60.2 Å². The molecule has 0 heterocycles. The van der Waals surface area contributed by atoms with Gasteiger partial charge in [-0.2, -0.15) is 0 Å². The van der Waals surface area contributed by atoms with Crippen LogP contribution in [0, 0.1) is 5.92 Å². The molecule has 2 amide bonds. The summed E-state index contributed by atoms with van der Waals surface area (Å²) in [7, 11) is 1.40. The van der Waals surface area contributed by atoms with E-state index in [0.29, 0.717) is 6.42 Å². The number of carboxylic acid groups (broad SMARTS) is 2. The maximum Gasteiger partial charge on any atom is 0.326 e. The molecule has 2 rings (SSSR count). The first kappa shape index (κ1) is 22.9. The van der Waals surface area contributed by atoms with E-state index in [-0.39, 0.29) is 6.42 Å². The van der Waals surface area contributed by atoms with Crippen LogP contribution in [-0.4, -0.2) is 52.2 Å². The number of aliphatic carboxylic acids is 2. The molecule has 0 spiro atoms. The first-order valence-corrected chi connectivity index (χ1v) is 9.82. The van der Waals surface area contributed by atoms with Crippen molar-refractivity contribution < 1.29 is 24.6 Å². The third-order valence-electron chi connectivity index (χ3n) is 5.19. The largest absolute Gasteiger partial charge is 0.481 e. The van der Waals surface area contributed by atoms with Crippen LogP contribution in [0.3, 0.4) is 0 Å². The molecule has 0 saturated heterocycles. The van der Waals surface area contributed by atoms with Crippen LogP contribution in [0.15, 0.2) is 54.6 Å². The van der Waals surface area contributed by atoms with E-state index in [9.17, 15) is 19.5 Å². The minimum atomic E-state index is -1.11. The topological polar surface area (TPSA) is 107 Å². The maximum atomic E-state index is 12.5. The molecule has 160 valence electrons. The Bertz CT molecular complexity index is 867. The summed E-state index contributed by atoms with van der Waals surface area (Å²) in [5, 5.41) is 21.2. The molecule has 0 aliphatic heterocycles. The van der Waals surface area contributed by atoms with Gasteiger partial charge in [-0.05, 0) is 36.5 Å². The first-order chi connectivity index (χ1) is 14.2. The number of likely N-dealkylation sites (N-methyl/N-ethyl adjacent to an activating group) is 1. The van der Waals surface area contributed by atoms with Crippen LogP contribution in [0.5, 0.6) is 0 Å². The molecule has 3 N–H and O–H groups in total. The Kier molecular flexibility index (Phi) is 7.98. The number of rotatable bonds is 9. The van der Waals surface area contributed by atoms with Crippen molar-refractivity contribution in [3.8, 4) is 11.1 Å². The van der Waals surface area contributed by atoms with Crippen molar-refractivity contribution in [1.29, 1.82) is 0 Å². The highest BCUT2D eigenvalue weighted by Crippen LogP contribution is 2.20. The summed E-state index contributed by atoms with van der Waals surface area (Å²) in [6.07, 6.45) is 0.671. The molecule has 0 radical (unpaired) electrons. The number of nitrogens with one attached hydrogen (secondary N) is 1. The zero-order chi connectivity index (χ0) is 22.3. The smallest absolute Gasteiger partial charge is 0.326 e. The van der Waals surface area contributed by atoms with E-state index in [4.69, 9.17) is 5.11 Å². The Morgan fingerprint density at radius 3 is 2.00 bits per heavy atom. The van der Waals surface area contributed by atoms with Gasteiger partial charge in [-0.1, -0.05) is 61.5 Å². The van der Waals surface area contributed by atoms with Crippen LogP contribution in [0.1, 0.15) is 25.8 Å². The lowest BCUT2D eigenvalue weighted by atomic mass is 9.95. The average Bonchev–Trinajstić information content (AvgIpc) is 2.73. The summed E-state index contributed by atoms with van der Waals surface area (Å²) in [5.41, 5.74) is 3.11. The van der Waals surface area contributed by atoms with Crippen LogP contribution in [-0.2, 0) is 16.0 Å². The number of carboxylic acids is 2. The van der Waals surface area contributed by atoms with Crippen molar-refractivity contribution in [2.24, 2.45) is 5.92 Å². The first-order valence-electron chi connectivity index (χ1n) is 9.82. The van der Waals surface area contributed by atoms with Gasteiger partial charge in [-0.3, -0.25) is 4.79 Å². The lowest BCUT2D eigenvalue weighted by molar-refractivity contribution is -0.142. The van der Waals surface area contributed by atoms with Gasteiger partial charge in [0.1, 0.15) is 6.04 Å². The third kappa shape index (κ3) is 6.34. The summed E-state index contributed by atoms with van der Waals surface area (Å²) in [5.74, 6) is -2.71. The fourth-order valence-electron chi connectivity index (χ4n) is 3.09. The standard InChI is InChI=1S/C23H28N2O5/c1-15(21(26)27)13-20(24-23(30)25(3)16(2)22(28)29)14-17-9-11-19(12-10-17)18-7-5-4-6-8-18/h4-12,15-16,20H,13-14H2,1-3H3,(H,24,30)(H,26,27)(H,28,29)/t15-,16+,20+/m1/s1. The third-order valence-corrected chi connectivity index (χ3v) is 5.19. The van der Waals surface area contributed by atoms with E-state index in [2.05, 4.69) is 5.32 Å². The minimum absolute atomic E-state index is 0.233. The SMILES string of the molecule is C[C@H](C[C@@H](Cc1ccc(-c2ccccc2)cc1)NC(=O)N(C)[C@@H](C)C(=O)O)C(=O)O. The van der Waals surface area contributed by atoms with Gasteiger partial charge >= 0.3 is 18.0 Å². The number of nitrogens with zero attached hydrogens (tertiary/aromatic N) is 1. The van der Waals surface area contributed by atoms with E-state index in [1.54, 1.807) is 6.92 Å². The monoisotopic (exact) mass is 412 g/mol. The fraction of sp³-hybridized carbons (Fsp3) is 0.348. The molecule has 7 nitrogen and oxygen atoms in total. The van der Waals surface area contributed by atoms with E-state index in [1.807, 2.05) is 54.6 Å². The Morgan fingerprint density at radius 1 is 0.900 bits per heavy atom. The Hall–Kier alpha value is -3.35. The Balaban J connectivity index is 2.13. The van der Waals surface area contributed by atoms with Crippen LogP contribution in [0.25, 0.3) is 11.1 Å². The zero-order valence-corrected chi connectivity index (χ0v) is 17.4. The highest BCUT2D eigenvalue weighted by atomic mass is 16.4. The van der Waals surface area contributed by atoms with E-state index >= 15 is 0 Å². The van der Waals surface area contributed by atoms with Gasteiger partial charge < -0.3 is 20.4 Å². The van der Waals surface area contributed by atoms with Crippen molar-refractivity contribution in [1.82, 2.24) is 10.2 Å². The molecule has 2 aromatic rings. The van der Waals surface area contributed by atoms with Crippen LogP contribution in [0.4, 0.5) is 4.79 Å². The van der Waals surface area contributed by atoms with Crippen LogP contribution < -0.4 is 5.32 Å². The van der Waals surface area contributed by atoms with Gasteiger partial charge in [0.05, 0.1) is 5.92 Å². The van der Waals surface area contributed by atoms with Crippen molar-refractivity contribution in [2.75, 3.05) is 7.05 Å². The second-order valence-corrected chi connectivity index (χ2v) is 7.51. The molecule has 30 heavy (non-hydrogen) atoms. The van der Waals surface area contributed by atoms with Crippen molar-refractivity contribution >= 4 is 18.0 Å². The molecular weight excluding hydrogens is 384 g/mol.